The number of rotatable bonds is 9. The lowest BCUT2D eigenvalue weighted by atomic mass is 10.0. The molecule has 0 saturated heterocycles. The molecule has 0 atom stereocenters. The van der Waals surface area contributed by atoms with Crippen LogP contribution in [0.25, 0.3) is 5.57 Å². The highest BCUT2D eigenvalue weighted by Gasteiger charge is 2.30. The third-order valence-corrected chi connectivity index (χ3v) is 4.76. The lowest BCUT2D eigenvalue weighted by Gasteiger charge is -2.22. The van der Waals surface area contributed by atoms with Crippen LogP contribution in [0.15, 0.2) is 6.58 Å². The van der Waals surface area contributed by atoms with Crippen LogP contribution in [0.4, 0.5) is 0 Å². The second kappa shape index (κ2) is 12.2. The Bertz CT molecular complexity index is 927. The fourth-order valence-electron chi connectivity index (χ4n) is 2.90. The number of imidazole rings is 2. The van der Waals surface area contributed by atoms with Gasteiger partial charge in [-0.15, -0.1) is 0 Å². The number of H-pyrrole nitrogens is 2. The molecule has 2 aromatic rings. The average molecular weight is 449 g/mol. The molecule has 2 aromatic heterocycles. The first-order valence-electron chi connectivity index (χ1n) is 10.6. The van der Waals surface area contributed by atoms with Gasteiger partial charge >= 0.3 is 11.9 Å². The molecule has 0 aliphatic rings. The van der Waals surface area contributed by atoms with E-state index in [1.165, 1.54) is 14.2 Å². The van der Waals surface area contributed by atoms with Crippen molar-refractivity contribution in [3.05, 3.63) is 41.0 Å². The van der Waals surface area contributed by atoms with Gasteiger partial charge in [0.05, 0.1) is 25.6 Å². The van der Waals surface area contributed by atoms with Gasteiger partial charge in [0.25, 0.3) is 0 Å². The normalized spacial score (nSPS) is 10.9. The van der Waals surface area contributed by atoms with Gasteiger partial charge in [-0.3, -0.25) is 0 Å². The molecule has 2 N–H and O–H groups in total. The van der Waals surface area contributed by atoms with E-state index in [1.54, 1.807) is 7.11 Å². The monoisotopic (exact) mass is 448 g/mol. The van der Waals surface area contributed by atoms with Crippen LogP contribution in [0.3, 0.4) is 0 Å². The van der Waals surface area contributed by atoms with Crippen molar-refractivity contribution in [3.8, 4) is 0 Å². The second-order valence-electron chi connectivity index (χ2n) is 7.79. The summed E-state index contributed by atoms with van der Waals surface area (Å²) in [7, 11) is 4.30. The minimum absolute atomic E-state index is 0.308. The summed E-state index contributed by atoms with van der Waals surface area (Å²) in [5.41, 5.74) is 2.13. The first kappa shape index (κ1) is 27.1. The molecule has 0 radical (unpaired) electrons. The lowest BCUT2D eigenvalue weighted by Crippen LogP contribution is -2.23. The highest BCUT2D eigenvalue weighted by Crippen LogP contribution is 2.26. The predicted octanol–water partition coefficient (Wildman–Crippen LogP) is 4.21. The molecular formula is C23H36N4O5. The summed E-state index contributed by atoms with van der Waals surface area (Å²) in [5.74, 6) is 0.746. The van der Waals surface area contributed by atoms with Gasteiger partial charge in [-0.25, -0.2) is 19.6 Å². The van der Waals surface area contributed by atoms with Gasteiger partial charge in [0.15, 0.2) is 11.4 Å². The Hall–Kier alpha value is -2.94. The van der Waals surface area contributed by atoms with Crippen LogP contribution in [0, 0.1) is 0 Å². The molecule has 178 valence electrons. The summed E-state index contributed by atoms with van der Waals surface area (Å²) in [4.78, 5) is 37.8. The number of carbonyl (C=O) groups excluding carboxylic acids is 2. The number of ether oxygens (including phenoxy) is 3. The Morgan fingerprint density at radius 3 is 1.84 bits per heavy atom. The Morgan fingerprint density at radius 1 is 0.906 bits per heavy atom. The predicted molar refractivity (Wildman–Crippen MR) is 123 cm³/mol. The van der Waals surface area contributed by atoms with Gasteiger partial charge in [0, 0.05) is 20.0 Å². The van der Waals surface area contributed by atoms with Gasteiger partial charge in [0.2, 0.25) is 0 Å². The van der Waals surface area contributed by atoms with Crippen molar-refractivity contribution < 1.29 is 23.8 Å². The van der Waals surface area contributed by atoms with Crippen molar-refractivity contribution in [2.75, 3.05) is 21.3 Å². The van der Waals surface area contributed by atoms with E-state index < -0.39 is 17.5 Å². The summed E-state index contributed by atoms with van der Waals surface area (Å²) >= 11 is 0. The Balaban J connectivity index is 0.000000323. The lowest BCUT2D eigenvalue weighted by molar-refractivity contribution is 0.0137. The fraction of sp³-hybridized carbons (Fsp3) is 0.565. The Morgan fingerprint density at radius 2 is 1.41 bits per heavy atom. The SMILES string of the molecule is C=C(C)c1nc(CCC)[nH]c1C(=O)OC.CCCc1nc(C(=O)OC)c(C(C)(C)OC)[nH]1. The molecule has 0 aliphatic carbocycles. The van der Waals surface area contributed by atoms with Crippen molar-refractivity contribution >= 4 is 17.5 Å². The molecule has 9 nitrogen and oxygen atoms in total. The molecule has 0 amide bonds. The van der Waals surface area contributed by atoms with E-state index in [-0.39, 0.29) is 0 Å². The van der Waals surface area contributed by atoms with Crippen molar-refractivity contribution in [3.63, 3.8) is 0 Å². The topological polar surface area (TPSA) is 119 Å². The standard InChI is InChI=1S/C12H20N2O3.C11H16N2O2/c1-6-7-8-13-9(11(15)16-4)10(14-8)12(2,3)17-5;1-5-6-8-12-9(7(2)3)10(13-8)11(14)15-4/h6-7H2,1-5H3,(H,13,14);2,5-6H2,1,3-4H3,(H,12,13). The van der Waals surface area contributed by atoms with Crippen molar-refractivity contribution in [1.82, 2.24) is 19.9 Å². The van der Waals surface area contributed by atoms with Crippen molar-refractivity contribution in [1.29, 1.82) is 0 Å². The van der Waals surface area contributed by atoms with Gasteiger partial charge in [-0.05, 0) is 39.2 Å². The van der Waals surface area contributed by atoms with Crippen molar-refractivity contribution in [2.45, 2.75) is 65.9 Å². The highest BCUT2D eigenvalue weighted by atomic mass is 16.5. The third-order valence-electron chi connectivity index (χ3n) is 4.76. The van der Waals surface area contributed by atoms with E-state index >= 15 is 0 Å². The number of aromatic nitrogens is 4. The van der Waals surface area contributed by atoms with Crippen LogP contribution in [0.5, 0.6) is 0 Å². The molecule has 0 aliphatic heterocycles. The van der Waals surface area contributed by atoms with Crippen LogP contribution in [-0.2, 0) is 32.7 Å². The number of nitrogens with zero attached hydrogens (tertiary/aromatic N) is 2. The van der Waals surface area contributed by atoms with E-state index in [1.807, 2.05) is 20.8 Å². The van der Waals surface area contributed by atoms with E-state index in [0.29, 0.717) is 22.8 Å². The average Bonchev–Trinajstić information content (AvgIpc) is 3.39. The van der Waals surface area contributed by atoms with E-state index in [2.05, 4.69) is 45.1 Å². The van der Waals surface area contributed by atoms with E-state index in [0.717, 1.165) is 42.9 Å². The number of nitrogens with one attached hydrogen (secondary N) is 2. The number of carbonyl (C=O) groups is 2. The highest BCUT2D eigenvalue weighted by molar-refractivity contribution is 5.92. The first-order valence-corrected chi connectivity index (χ1v) is 10.6. The third kappa shape index (κ3) is 6.78. The zero-order valence-corrected chi connectivity index (χ0v) is 20.5. The van der Waals surface area contributed by atoms with Crippen molar-refractivity contribution in [2.24, 2.45) is 0 Å². The van der Waals surface area contributed by atoms with Crippen LogP contribution in [0.1, 0.15) is 91.5 Å². The molecule has 0 spiro atoms. The number of aromatic amines is 2. The number of allylic oxidation sites excluding steroid dienone is 1. The van der Waals surface area contributed by atoms with Crippen LogP contribution in [0.2, 0.25) is 0 Å². The van der Waals surface area contributed by atoms with Crippen LogP contribution in [-0.4, -0.2) is 53.2 Å². The molecule has 0 aromatic carbocycles. The number of aryl methyl sites for hydroxylation is 2. The Labute approximate surface area is 190 Å². The van der Waals surface area contributed by atoms with E-state index in [4.69, 9.17) is 9.47 Å². The molecule has 2 rings (SSSR count). The number of hydrogen-bond acceptors (Lipinski definition) is 7. The van der Waals surface area contributed by atoms with Gasteiger partial charge in [-0.1, -0.05) is 20.4 Å². The van der Waals surface area contributed by atoms with Gasteiger partial charge in [-0.2, -0.15) is 0 Å². The maximum absolute atomic E-state index is 11.7. The number of hydrogen-bond donors (Lipinski definition) is 2. The summed E-state index contributed by atoms with van der Waals surface area (Å²) in [6, 6.07) is 0. The second-order valence-corrected chi connectivity index (χ2v) is 7.79. The van der Waals surface area contributed by atoms with E-state index in [9.17, 15) is 9.59 Å². The summed E-state index contributed by atoms with van der Waals surface area (Å²) < 4.78 is 14.8. The minimum Gasteiger partial charge on any atom is -0.464 e. The first-order chi connectivity index (χ1) is 15.1. The molecule has 2 heterocycles. The molecule has 0 saturated carbocycles. The molecule has 0 fully saturated rings. The molecule has 0 unspecified atom stereocenters. The fourth-order valence-corrected chi connectivity index (χ4v) is 2.90. The maximum atomic E-state index is 11.7. The van der Waals surface area contributed by atoms with Crippen LogP contribution < -0.4 is 0 Å². The molecule has 0 bridgehead atoms. The van der Waals surface area contributed by atoms with Crippen LogP contribution >= 0.6 is 0 Å². The van der Waals surface area contributed by atoms with Gasteiger partial charge < -0.3 is 24.2 Å². The largest absolute Gasteiger partial charge is 0.464 e. The van der Waals surface area contributed by atoms with Gasteiger partial charge in [0.1, 0.15) is 17.2 Å². The summed E-state index contributed by atoms with van der Waals surface area (Å²) in [5, 5.41) is 0. The zero-order chi connectivity index (χ0) is 24.5. The Kier molecular flexibility index (Phi) is 10.3. The summed E-state index contributed by atoms with van der Waals surface area (Å²) in [6.45, 7) is 13.5. The minimum atomic E-state index is -0.595. The number of methoxy groups -OCH3 is 3. The molecular weight excluding hydrogens is 412 g/mol. The molecule has 9 heteroatoms. The number of esters is 2. The zero-order valence-electron chi connectivity index (χ0n) is 20.5. The maximum Gasteiger partial charge on any atom is 0.358 e. The smallest absolute Gasteiger partial charge is 0.358 e. The molecule has 32 heavy (non-hydrogen) atoms. The summed E-state index contributed by atoms with van der Waals surface area (Å²) in [6.07, 6.45) is 3.55. The quantitative estimate of drug-likeness (QED) is 0.551.